The Bertz CT molecular complexity index is 1050. The van der Waals surface area contributed by atoms with Gasteiger partial charge in [-0.05, 0) is 47.9 Å². The van der Waals surface area contributed by atoms with Gasteiger partial charge < -0.3 is 9.64 Å². The molecule has 0 aliphatic carbocycles. The van der Waals surface area contributed by atoms with Gasteiger partial charge in [-0.1, -0.05) is 28.1 Å². The van der Waals surface area contributed by atoms with Gasteiger partial charge in [0.1, 0.15) is 11.4 Å². The lowest BCUT2D eigenvalue weighted by atomic mass is 10.1. The highest BCUT2D eigenvalue weighted by atomic mass is 79.9. The fraction of sp³-hybridized carbons (Fsp3) is 0.143. The highest BCUT2D eigenvalue weighted by molar-refractivity contribution is 9.10. The lowest BCUT2D eigenvalue weighted by Gasteiger charge is -2.16. The molecule has 0 fully saturated rings. The number of ether oxygens (including phenoxy) is 1. The van der Waals surface area contributed by atoms with Crippen molar-refractivity contribution in [2.24, 2.45) is 0 Å². The van der Waals surface area contributed by atoms with Crippen LogP contribution < -0.4 is 4.74 Å². The third-order valence-corrected chi connectivity index (χ3v) is 5.07. The summed E-state index contributed by atoms with van der Waals surface area (Å²) in [7, 11) is 0. The number of hydrogen-bond acceptors (Lipinski definition) is 3. The molecule has 0 bridgehead atoms. The number of fused-ring (bicyclic) bond motifs is 1. The number of aryl methyl sites for hydroxylation is 1. The van der Waals surface area contributed by atoms with Crippen molar-refractivity contribution in [3.63, 3.8) is 0 Å². The van der Waals surface area contributed by atoms with Gasteiger partial charge in [0.05, 0.1) is 0 Å². The maximum atomic E-state index is 14.2. The summed E-state index contributed by atoms with van der Waals surface area (Å²) in [6.07, 6.45) is 1.52. The molecule has 0 saturated carbocycles. The quantitative estimate of drug-likeness (QED) is 0.542. The Hall–Kier alpha value is -2.80. The van der Waals surface area contributed by atoms with Crippen LogP contribution in [-0.2, 0) is 13.1 Å². The number of carbonyl (C=O) groups excluding carboxylic acids is 1. The van der Waals surface area contributed by atoms with Gasteiger partial charge in [0.2, 0.25) is 5.88 Å². The van der Waals surface area contributed by atoms with Gasteiger partial charge in [-0.2, -0.15) is 0 Å². The van der Waals surface area contributed by atoms with E-state index < -0.39 is 11.6 Å². The fourth-order valence-electron chi connectivity index (χ4n) is 3.21. The molecule has 1 amide bonds. The van der Waals surface area contributed by atoms with Crippen LogP contribution in [0.5, 0.6) is 11.6 Å². The molecule has 1 aliphatic heterocycles. The van der Waals surface area contributed by atoms with Gasteiger partial charge in [-0.3, -0.25) is 4.79 Å². The monoisotopic (exact) mass is 444 g/mol. The van der Waals surface area contributed by atoms with Crippen LogP contribution in [0.3, 0.4) is 0 Å². The van der Waals surface area contributed by atoms with E-state index in [4.69, 9.17) is 4.74 Å². The van der Waals surface area contributed by atoms with Crippen LogP contribution >= 0.6 is 15.9 Å². The maximum Gasteiger partial charge on any atom is 0.260 e. The topological polar surface area (TPSA) is 42.4 Å². The van der Waals surface area contributed by atoms with E-state index in [0.29, 0.717) is 18.7 Å². The number of amides is 1. The van der Waals surface area contributed by atoms with Crippen molar-refractivity contribution >= 4 is 21.8 Å². The predicted octanol–water partition coefficient (Wildman–Crippen LogP) is 5.38. The van der Waals surface area contributed by atoms with E-state index >= 15 is 0 Å². The lowest BCUT2D eigenvalue weighted by Crippen LogP contribution is -2.23. The Morgan fingerprint density at radius 2 is 1.93 bits per heavy atom. The zero-order valence-corrected chi connectivity index (χ0v) is 16.5. The van der Waals surface area contributed by atoms with Gasteiger partial charge in [0.15, 0.2) is 11.6 Å². The molecule has 3 aromatic rings. The predicted molar refractivity (Wildman–Crippen MR) is 103 cm³/mol. The molecule has 0 atom stereocenters. The second-order valence-corrected chi connectivity index (χ2v) is 7.49. The van der Waals surface area contributed by atoms with Crippen LogP contribution in [0.15, 0.2) is 53.1 Å². The van der Waals surface area contributed by atoms with Crippen LogP contribution in [0.2, 0.25) is 0 Å². The Kier molecular flexibility index (Phi) is 4.85. The van der Waals surface area contributed by atoms with Crippen molar-refractivity contribution < 1.29 is 18.3 Å². The SMILES string of the molecule is Cc1cc(F)cc(F)c1Oc1nccc2c1C(=O)N(Cc1ccc(Br)cc1)C2. The van der Waals surface area contributed by atoms with Crippen LogP contribution in [0.1, 0.15) is 27.0 Å². The Balaban J connectivity index is 1.63. The molecule has 142 valence electrons. The summed E-state index contributed by atoms with van der Waals surface area (Å²) in [6, 6.07) is 11.4. The molecular formula is C21H15BrF2N2O2. The molecule has 4 nitrogen and oxygen atoms in total. The van der Waals surface area contributed by atoms with Crippen LogP contribution in [-0.4, -0.2) is 15.8 Å². The van der Waals surface area contributed by atoms with Gasteiger partial charge in [-0.25, -0.2) is 13.8 Å². The van der Waals surface area contributed by atoms with E-state index in [0.717, 1.165) is 21.7 Å². The van der Waals surface area contributed by atoms with Crippen LogP contribution in [0, 0.1) is 18.6 Å². The Morgan fingerprint density at radius 3 is 2.64 bits per heavy atom. The average molecular weight is 445 g/mol. The van der Waals surface area contributed by atoms with E-state index in [-0.39, 0.29) is 23.1 Å². The van der Waals surface area contributed by atoms with Gasteiger partial charge in [0.25, 0.3) is 5.91 Å². The number of pyridine rings is 1. The highest BCUT2D eigenvalue weighted by Crippen LogP contribution is 2.35. The molecule has 0 unspecified atom stereocenters. The average Bonchev–Trinajstić information content (AvgIpc) is 2.96. The molecule has 2 heterocycles. The van der Waals surface area contributed by atoms with Crippen molar-refractivity contribution in [2.45, 2.75) is 20.0 Å². The van der Waals surface area contributed by atoms with E-state index in [1.54, 1.807) is 11.0 Å². The lowest BCUT2D eigenvalue weighted by molar-refractivity contribution is 0.0764. The molecule has 4 rings (SSSR count). The highest BCUT2D eigenvalue weighted by Gasteiger charge is 2.32. The van der Waals surface area contributed by atoms with Crippen molar-refractivity contribution in [1.29, 1.82) is 0 Å². The third-order valence-electron chi connectivity index (χ3n) is 4.54. The van der Waals surface area contributed by atoms with E-state index in [1.165, 1.54) is 19.2 Å². The molecule has 1 aromatic heterocycles. The van der Waals surface area contributed by atoms with Crippen molar-refractivity contribution in [2.75, 3.05) is 0 Å². The summed E-state index contributed by atoms with van der Waals surface area (Å²) in [5.74, 6) is -1.88. The zero-order valence-electron chi connectivity index (χ0n) is 14.9. The van der Waals surface area contributed by atoms with E-state index in [9.17, 15) is 13.6 Å². The number of rotatable bonds is 4. The second-order valence-electron chi connectivity index (χ2n) is 6.57. The first-order valence-electron chi connectivity index (χ1n) is 8.57. The first-order chi connectivity index (χ1) is 13.4. The molecule has 2 aromatic carbocycles. The van der Waals surface area contributed by atoms with E-state index in [1.807, 2.05) is 24.3 Å². The van der Waals surface area contributed by atoms with Crippen molar-refractivity contribution in [3.8, 4) is 11.6 Å². The first kappa shape index (κ1) is 18.6. The number of hydrogen-bond donors (Lipinski definition) is 0. The summed E-state index contributed by atoms with van der Waals surface area (Å²) >= 11 is 3.39. The normalized spacial score (nSPS) is 13.0. The zero-order chi connectivity index (χ0) is 19.8. The molecule has 0 radical (unpaired) electrons. The summed E-state index contributed by atoms with van der Waals surface area (Å²) in [5.41, 5.74) is 2.34. The van der Waals surface area contributed by atoms with Gasteiger partial charge in [-0.15, -0.1) is 0 Å². The summed E-state index contributed by atoms with van der Waals surface area (Å²) in [6.45, 7) is 2.38. The number of halogens is 3. The molecule has 0 N–H and O–H groups in total. The van der Waals surface area contributed by atoms with Crippen LogP contribution in [0.25, 0.3) is 0 Å². The Labute approximate surface area is 168 Å². The first-order valence-corrected chi connectivity index (χ1v) is 9.37. The fourth-order valence-corrected chi connectivity index (χ4v) is 3.47. The smallest absolute Gasteiger partial charge is 0.260 e. The van der Waals surface area contributed by atoms with Gasteiger partial charge >= 0.3 is 0 Å². The minimum atomic E-state index is -0.839. The number of carbonyl (C=O) groups is 1. The largest absolute Gasteiger partial charge is 0.435 e. The standard InChI is InChI=1S/C21H15BrF2N2O2/c1-12-8-16(23)9-17(24)19(12)28-20-18-14(6-7-25-20)11-26(21(18)27)10-13-2-4-15(22)5-3-13/h2-9H,10-11H2,1H3. The third kappa shape index (κ3) is 3.49. The summed E-state index contributed by atoms with van der Waals surface area (Å²) in [5, 5.41) is 0. The molecule has 0 spiro atoms. The molecular weight excluding hydrogens is 430 g/mol. The number of nitrogens with zero attached hydrogens (tertiary/aromatic N) is 2. The minimum absolute atomic E-state index is 0.0226. The molecule has 0 saturated heterocycles. The van der Waals surface area contributed by atoms with Crippen molar-refractivity contribution in [3.05, 3.63) is 87.0 Å². The molecule has 28 heavy (non-hydrogen) atoms. The molecule has 7 heteroatoms. The summed E-state index contributed by atoms with van der Waals surface area (Å²) in [4.78, 5) is 18.7. The number of benzene rings is 2. The molecule has 1 aliphatic rings. The Morgan fingerprint density at radius 1 is 1.18 bits per heavy atom. The summed E-state index contributed by atoms with van der Waals surface area (Å²) < 4.78 is 34.1. The second kappa shape index (κ2) is 7.31. The van der Waals surface area contributed by atoms with Crippen LogP contribution in [0.4, 0.5) is 8.78 Å². The van der Waals surface area contributed by atoms with Crippen molar-refractivity contribution in [1.82, 2.24) is 9.88 Å². The number of aromatic nitrogens is 1. The minimum Gasteiger partial charge on any atom is -0.435 e. The van der Waals surface area contributed by atoms with Gasteiger partial charge in [0, 0.05) is 29.8 Å². The van der Waals surface area contributed by atoms with E-state index in [2.05, 4.69) is 20.9 Å². The maximum absolute atomic E-state index is 14.2.